The van der Waals surface area contributed by atoms with Gasteiger partial charge in [0.25, 0.3) is 0 Å². The maximum Gasteiger partial charge on any atom is 0.330 e. The largest absolute Gasteiger partial charge is 0.478 e. The maximum absolute atomic E-state index is 10.5. The molecule has 0 fully saturated rings. The van der Waals surface area contributed by atoms with Crippen molar-refractivity contribution in [3.8, 4) is 0 Å². The van der Waals surface area contributed by atoms with Gasteiger partial charge in [-0.05, 0) is 52.0 Å². The van der Waals surface area contributed by atoms with Crippen LogP contribution in [0.25, 0.3) is 0 Å². The molecule has 0 aromatic heterocycles. The lowest BCUT2D eigenvalue weighted by molar-refractivity contribution is -0.133. The van der Waals surface area contributed by atoms with Crippen molar-refractivity contribution >= 4 is 23.9 Å². The molecule has 8 nitrogen and oxygen atoms in total. The summed E-state index contributed by atoms with van der Waals surface area (Å²) in [5.41, 5.74) is 2.44. The van der Waals surface area contributed by atoms with Gasteiger partial charge in [0, 0.05) is 22.3 Å². The van der Waals surface area contributed by atoms with Gasteiger partial charge in [0.1, 0.15) is 0 Å². The van der Waals surface area contributed by atoms with Crippen LogP contribution in [-0.4, -0.2) is 44.3 Å². The molecule has 0 bridgehead atoms. The highest BCUT2D eigenvalue weighted by molar-refractivity contribution is 5.86. The number of allylic oxidation sites excluding steroid dienone is 2. The quantitative estimate of drug-likeness (QED) is 0.201. The van der Waals surface area contributed by atoms with Crippen LogP contribution in [0.5, 0.6) is 0 Å². The number of rotatable bonds is 12. The average Bonchev–Trinajstić information content (AvgIpc) is 2.90. The Kier molecular flexibility index (Phi) is 24.8. The summed E-state index contributed by atoms with van der Waals surface area (Å²) in [6.07, 6.45) is 9.14. The number of unbranched alkanes of at least 4 members (excludes halogenated alkanes) is 1. The van der Waals surface area contributed by atoms with Crippen molar-refractivity contribution < 1.29 is 39.6 Å². The Morgan fingerprint density at radius 2 is 1.31 bits per heavy atom. The fourth-order valence-electron chi connectivity index (χ4n) is 2.47. The zero-order chi connectivity index (χ0) is 31.0. The lowest BCUT2D eigenvalue weighted by atomic mass is 9.92. The van der Waals surface area contributed by atoms with Crippen LogP contribution in [0, 0.1) is 5.92 Å². The molecule has 39 heavy (non-hydrogen) atoms. The van der Waals surface area contributed by atoms with E-state index in [9.17, 15) is 19.2 Å². The molecule has 0 radical (unpaired) electrons. The predicted octanol–water partition coefficient (Wildman–Crippen LogP) is 7.18. The number of carboxylic acids is 4. The minimum atomic E-state index is -0.935. The third-order valence-electron chi connectivity index (χ3n) is 5.34. The lowest BCUT2D eigenvalue weighted by Crippen LogP contribution is -2.06. The molecule has 8 heteroatoms. The fraction of sp³-hybridized carbons (Fsp3) is 0.419. The van der Waals surface area contributed by atoms with Gasteiger partial charge in [-0.2, -0.15) is 0 Å². The van der Waals surface area contributed by atoms with Crippen LogP contribution < -0.4 is 0 Å². The van der Waals surface area contributed by atoms with Crippen molar-refractivity contribution in [3.63, 3.8) is 0 Å². The second-order valence-corrected chi connectivity index (χ2v) is 8.77. The summed E-state index contributed by atoms with van der Waals surface area (Å²) in [7, 11) is 0. The third-order valence-corrected chi connectivity index (χ3v) is 5.34. The van der Waals surface area contributed by atoms with Crippen LogP contribution in [0.3, 0.4) is 0 Å². The Morgan fingerprint density at radius 1 is 0.821 bits per heavy atom. The van der Waals surface area contributed by atoms with E-state index in [0.29, 0.717) is 35.5 Å². The molecule has 1 rings (SSSR count). The SMILES string of the molecule is C=C(C)C(=O)O.C=C(CC(CC)CCCC)C(=O)O.CC(=CCc1ccccc1)C(=O)O.CC=C(C)C(=O)O. The number of hydrogen-bond donors (Lipinski definition) is 4. The molecule has 0 heterocycles. The van der Waals surface area contributed by atoms with Crippen LogP contribution in [0.15, 0.2) is 77.9 Å². The average molecular weight is 547 g/mol. The van der Waals surface area contributed by atoms with Gasteiger partial charge < -0.3 is 20.4 Å². The van der Waals surface area contributed by atoms with Crippen LogP contribution >= 0.6 is 0 Å². The molecule has 4 N–H and O–H groups in total. The van der Waals surface area contributed by atoms with E-state index in [1.54, 1.807) is 32.9 Å². The molecule has 1 aromatic carbocycles. The molecule has 0 amide bonds. The normalized spacial score (nSPS) is 11.1. The fourth-order valence-corrected chi connectivity index (χ4v) is 2.47. The zero-order valence-corrected chi connectivity index (χ0v) is 24.2. The zero-order valence-electron chi connectivity index (χ0n) is 24.2. The Hall–Kier alpha value is -3.94. The van der Waals surface area contributed by atoms with Crippen molar-refractivity contribution in [1.29, 1.82) is 0 Å². The van der Waals surface area contributed by atoms with Gasteiger partial charge in [-0.1, -0.05) is 95.2 Å². The molecule has 0 saturated carbocycles. The minimum Gasteiger partial charge on any atom is -0.478 e. The number of hydrogen-bond acceptors (Lipinski definition) is 4. The Morgan fingerprint density at radius 3 is 1.62 bits per heavy atom. The van der Waals surface area contributed by atoms with Gasteiger partial charge in [-0.25, -0.2) is 19.2 Å². The summed E-state index contributed by atoms with van der Waals surface area (Å²) in [5, 5.41) is 33.2. The van der Waals surface area contributed by atoms with E-state index >= 15 is 0 Å². The molecule has 1 aromatic rings. The highest BCUT2D eigenvalue weighted by Gasteiger charge is 2.11. The van der Waals surface area contributed by atoms with Gasteiger partial charge in [-0.3, -0.25) is 0 Å². The molecular formula is C31H46O8. The van der Waals surface area contributed by atoms with Gasteiger partial charge in [0.2, 0.25) is 0 Å². The topological polar surface area (TPSA) is 149 Å². The number of carboxylic acid groups (broad SMARTS) is 4. The molecule has 1 atom stereocenters. The highest BCUT2D eigenvalue weighted by atomic mass is 16.4. The molecule has 0 aliphatic heterocycles. The number of benzene rings is 1. The summed E-state index contributed by atoms with van der Waals surface area (Å²) in [4.78, 5) is 40.4. The second-order valence-electron chi connectivity index (χ2n) is 8.77. The van der Waals surface area contributed by atoms with Crippen molar-refractivity contribution in [3.05, 3.63) is 83.5 Å². The molecule has 0 saturated heterocycles. The van der Waals surface area contributed by atoms with Crippen molar-refractivity contribution in [1.82, 2.24) is 0 Å². The smallest absolute Gasteiger partial charge is 0.330 e. The van der Waals surface area contributed by atoms with Crippen LogP contribution in [0.1, 0.15) is 79.2 Å². The van der Waals surface area contributed by atoms with Crippen molar-refractivity contribution in [2.75, 3.05) is 0 Å². The van der Waals surface area contributed by atoms with E-state index in [0.717, 1.165) is 18.4 Å². The molecule has 218 valence electrons. The molecule has 0 spiro atoms. The van der Waals surface area contributed by atoms with E-state index in [2.05, 4.69) is 27.0 Å². The Labute approximate surface area is 233 Å². The summed E-state index contributed by atoms with van der Waals surface area (Å²) < 4.78 is 0. The highest BCUT2D eigenvalue weighted by Crippen LogP contribution is 2.20. The predicted molar refractivity (Wildman–Crippen MR) is 156 cm³/mol. The van der Waals surface area contributed by atoms with Crippen molar-refractivity contribution in [2.24, 2.45) is 5.92 Å². The first-order valence-electron chi connectivity index (χ1n) is 12.7. The van der Waals surface area contributed by atoms with Gasteiger partial charge in [0.15, 0.2) is 0 Å². The number of carbonyl (C=O) groups is 4. The molecule has 0 aliphatic carbocycles. The van der Waals surface area contributed by atoms with Crippen LogP contribution in [0.4, 0.5) is 0 Å². The van der Waals surface area contributed by atoms with Gasteiger partial charge >= 0.3 is 23.9 Å². The van der Waals surface area contributed by atoms with E-state index in [1.807, 2.05) is 30.3 Å². The summed E-state index contributed by atoms with van der Waals surface area (Å²) in [6, 6.07) is 9.78. The maximum atomic E-state index is 10.5. The first kappa shape index (κ1) is 39.6. The van der Waals surface area contributed by atoms with Crippen molar-refractivity contribution in [2.45, 2.75) is 80.1 Å². The Bertz CT molecular complexity index is 960. The van der Waals surface area contributed by atoms with E-state index in [1.165, 1.54) is 19.8 Å². The summed E-state index contributed by atoms with van der Waals surface area (Å²) >= 11 is 0. The third kappa shape index (κ3) is 25.5. The lowest BCUT2D eigenvalue weighted by Gasteiger charge is -2.13. The van der Waals surface area contributed by atoms with Crippen LogP contribution in [-0.2, 0) is 25.6 Å². The molecule has 0 aliphatic rings. The van der Waals surface area contributed by atoms with E-state index in [4.69, 9.17) is 20.4 Å². The standard InChI is InChI=1S/C11H12O2.C11H20O2.C5H8O2.C4H6O2/c1-9(11(12)13)7-8-10-5-3-2-4-6-10;1-4-6-7-10(5-2)8-9(3)11(12)13;1-3-4(2)5(6)7;1-3(2)4(5)6/h2-7H,8H2,1H3,(H,12,13);10H,3-8H2,1-2H3,(H,12,13);3H,1-2H3,(H,6,7);1H2,2H3,(H,5,6). The van der Waals surface area contributed by atoms with E-state index < -0.39 is 23.9 Å². The Balaban J connectivity index is -0.000000468. The summed E-state index contributed by atoms with van der Waals surface area (Å²) in [6.45, 7) is 17.3. The number of aliphatic carboxylic acids is 4. The van der Waals surface area contributed by atoms with Gasteiger partial charge in [0.05, 0.1) is 0 Å². The first-order valence-corrected chi connectivity index (χ1v) is 12.7. The first-order chi connectivity index (χ1) is 18.1. The van der Waals surface area contributed by atoms with Crippen LogP contribution in [0.2, 0.25) is 0 Å². The van der Waals surface area contributed by atoms with E-state index in [-0.39, 0.29) is 5.57 Å². The second kappa shape index (κ2) is 24.4. The molecule has 1 unspecified atom stereocenters. The van der Waals surface area contributed by atoms with Gasteiger partial charge in [-0.15, -0.1) is 0 Å². The molecular weight excluding hydrogens is 500 g/mol. The monoisotopic (exact) mass is 546 g/mol. The summed E-state index contributed by atoms with van der Waals surface area (Å²) in [5.74, 6) is -2.98. The minimum absolute atomic E-state index is 0.176.